The van der Waals surface area contributed by atoms with Crippen LogP contribution in [0.25, 0.3) is 0 Å². The second kappa shape index (κ2) is 7.73. The molecule has 2 aromatic rings. The molecular weight excluding hydrogens is 286 g/mol. The Labute approximate surface area is 138 Å². The van der Waals surface area contributed by atoms with Gasteiger partial charge in [-0.2, -0.15) is 0 Å². The lowest BCUT2D eigenvalue weighted by Gasteiger charge is -2.32. The predicted molar refractivity (Wildman–Crippen MR) is 97.4 cm³/mol. The molecule has 0 amide bonds. The summed E-state index contributed by atoms with van der Waals surface area (Å²) < 4.78 is 0. The van der Waals surface area contributed by atoms with Gasteiger partial charge in [0.05, 0.1) is 11.4 Å². The highest BCUT2D eigenvalue weighted by Gasteiger charge is 2.21. The molecule has 116 valence electrons. The molecule has 0 bridgehead atoms. The third kappa shape index (κ3) is 3.49. The minimum Gasteiger partial charge on any atom is -0.340 e. The Morgan fingerprint density at radius 3 is 1.91 bits per heavy atom. The zero-order chi connectivity index (χ0) is 15.2. The molecule has 3 rings (SSSR count). The van der Waals surface area contributed by atoms with Crippen LogP contribution in [-0.2, 0) is 0 Å². The largest absolute Gasteiger partial charge is 0.340 e. The van der Waals surface area contributed by atoms with Crippen LogP contribution in [0.3, 0.4) is 0 Å². The quantitative estimate of drug-likeness (QED) is 0.527. The van der Waals surface area contributed by atoms with Crippen molar-refractivity contribution in [1.82, 2.24) is 0 Å². The van der Waals surface area contributed by atoms with E-state index >= 15 is 0 Å². The van der Waals surface area contributed by atoms with Gasteiger partial charge in [0.15, 0.2) is 0 Å². The molecule has 2 aromatic carbocycles. The van der Waals surface area contributed by atoms with Gasteiger partial charge in [0.1, 0.15) is 0 Å². The summed E-state index contributed by atoms with van der Waals surface area (Å²) in [5.74, 6) is 0. The summed E-state index contributed by atoms with van der Waals surface area (Å²) in [5, 5.41) is 0. The molecule has 0 aliphatic carbocycles. The molecule has 1 aliphatic rings. The van der Waals surface area contributed by atoms with Gasteiger partial charge in [-0.05, 0) is 30.7 Å². The van der Waals surface area contributed by atoms with Crippen molar-refractivity contribution >= 4 is 23.1 Å². The summed E-state index contributed by atoms with van der Waals surface area (Å²) in [6.45, 7) is 3.40. The highest BCUT2D eigenvalue weighted by atomic mass is 32.2. The number of hydrogen-bond donors (Lipinski definition) is 0. The standard InChI is InChI=1S/C20H25NS/c1-2-3-4-5-6-11-16-21-17-12-7-9-14-19(17)22-20-15-10-8-13-18(20)21/h7-10,12-15H,2-6,11,16H2,1H3. The lowest BCUT2D eigenvalue weighted by Crippen LogP contribution is -2.21. The Morgan fingerprint density at radius 2 is 1.27 bits per heavy atom. The average molecular weight is 311 g/mol. The van der Waals surface area contributed by atoms with Gasteiger partial charge in [-0.3, -0.25) is 0 Å². The molecule has 0 saturated carbocycles. The molecule has 0 saturated heterocycles. The average Bonchev–Trinajstić information content (AvgIpc) is 2.57. The second-order valence-electron chi connectivity index (χ2n) is 5.96. The number of fused-ring (bicyclic) bond motifs is 2. The molecule has 22 heavy (non-hydrogen) atoms. The van der Waals surface area contributed by atoms with E-state index in [1.807, 2.05) is 11.8 Å². The predicted octanol–water partition coefficient (Wildman–Crippen LogP) is 6.65. The summed E-state index contributed by atoms with van der Waals surface area (Å²) in [6, 6.07) is 17.6. The van der Waals surface area contributed by atoms with Crippen LogP contribution in [0.5, 0.6) is 0 Å². The van der Waals surface area contributed by atoms with E-state index in [1.165, 1.54) is 59.7 Å². The minimum atomic E-state index is 1.13. The number of nitrogens with zero attached hydrogens (tertiary/aromatic N) is 1. The Balaban J connectivity index is 1.70. The van der Waals surface area contributed by atoms with E-state index < -0.39 is 0 Å². The van der Waals surface area contributed by atoms with Crippen LogP contribution in [0.4, 0.5) is 11.4 Å². The van der Waals surface area contributed by atoms with Gasteiger partial charge >= 0.3 is 0 Å². The Bertz CT molecular complexity index is 563. The first-order valence-corrected chi connectivity index (χ1v) is 9.35. The van der Waals surface area contributed by atoms with E-state index in [4.69, 9.17) is 0 Å². The van der Waals surface area contributed by atoms with Crippen molar-refractivity contribution in [2.45, 2.75) is 55.2 Å². The number of benzene rings is 2. The SMILES string of the molecule is CCCCCCCCN1c2ccccc2Sc2ccccc21. The van der Waals surface area contributed by atoms with Crippen LogP contribution in [0, 0.1) is 0 Å². The van der Waals surface area contributed by atoms with Gasteiger partial charge < -0.3 is 4.90 Å². The Morgan fingerprint density at radius 1 is 0.727 bits per heavy atom. The fourth-order valence-electron chi connectivity index (χ4n) is 3.07. The van der Waals surface area contributed by atoms with E-state index in [0.717, 1.165) is 6.54 Å². The Hall–Kier alpha value is -1.41. The van der Waals surface area contributed by atoms with Gasteiger partial charge in [0.25, 0.3) is 0 Å². The van der Waals surface area contributed by atoms with Crippen LogP contribution in [0.2, 0.25) is 0 Å². The van der Waals surface area contributed by atoms with E-state index in [9.17, 15) is 0 Å². The molecule has 2 heteroatoms. The first-order valence-electron chi connectivity index (χ1n) is 8.53. The number of para-hydroxylation sites is 2. The van der Waals surface area contributed by atoms with Crippen LogP contribution < -0.4 is 4.90 Å². The normalized spacial score (nSPS) is 12.9. The first-order chi connectivity index (χ1) is 10.9. The fourth-order valence-corrected chi connectivity index (χ4v) is 4.17. The molecule has 0 N–H and O–H groups in total. The maximum atomic E-state index is 2.51. The molecule has 1 nitrogen and oxygen atoms in total. The maximum Gasteiger partial charge on any atom is 0.0552 e. The number of unbranched alkanes of at least 4 members (excludes halogenated alkanes) is 5. The highest BCUT2D eigenvalue weighted by molar-refractivity contribution is 7.99. The van der Waals surface area contributed by atoms with Crippen molar-refractivity contribution in [2.24, 2.45) is 0 Å². The van der Waals surface area contributed by atoms with E-state index in [2.05, 4.69) is 60.4 Å². The summed E-state index contributed by atoms with van der Waals surface area (Å²) >= 11 is 1.89. The van der Waals surface area contributed by atoms with Crippen LogP contribution >= 0.6 is 11.8 Å². The highest BCUT2D eigenvalue weighted by Crippen LogP contribution is 2.47. The molecule has 0 spiro atoms. The third-order valence-electron chi connectivity index (χ3n) is 4.27. The fraction of sp³-hybridized carbons (Fsp3) is 0.400. The van der Waals surface area contributed by atoms with E-state index in [-0.39, 0.29) is 0 Å². The zero-order valence-corrected chi connectivity index (χ0v) is 14.2. The lowest BCUT2D eigenvalue weighted by atomic mass is 10.1. The molecule has 1 aliphatic heterocycles. The molecule has 0 aromatic heterocycles. The molecule has 0 atom stereocenters. The van der Waals surface area contributed by atoms with E-state index in [0.29, 0.717) is 0 Å². The van der Waals surface area contributed by atoms with Crippen molar-refractivity contribution in [3.8, 4) is 0 Å². The molecular formula is C20H25NS. The van der Waals surface area contributed by atoms with Gasteiger partial charge in [-0.25, -0.2) is 0 Å². The van der Waals surface area contributed by atoms with Crippen molar-refractivity contribution in [3.63, 3.8) is 0 Å². The summed E-state index contributed by atoms with van der Waals surface area (Å²) in [7, 11) is 0. The summed E-state index contributed by atoms with van der Waals surface area (Å²) in [6.07, 6.45) is 8.08. The summed E-state index contributed by atoms with van der Waals surface area (Å²) in [5.41, 5.74) is 2.75. The van der Waals surface area contributed by atoms with Crippen molar-refractivity contribution in [3.05, 3.63) is 48.5 Å². The van der Waals surface area contributed by atoms with Gasteiger partial charge in [-0.15, -0.1) is 0 Å². The number of hydrogen-bond acceptors (Lipinski definition) is 2. The smallest absolute Gasteiger partial charge is 0.0552 e. The number of rotatable bonds is 7. The monoisotopic (exact) mass is 311 g/mol. The van der Waals surface area contributed by atoms with Crippen molar-refractivity contribution in [2.75, 3.05) is 11.4 Å². The minimum absolute atomic E-state index is 1.13. The Kier molecular flexibility index (Phi) is 5.44. The van der Waals surface area contributed by atoms with Crippen molar-refractivity contribution < 1.29 is 0 Å². The van der Waals surface area contributed by atoms with Gasteiger partial charge in [-0.1, -0.05) is 75.1 Å². The lowest BCUT2D eigenvalue weighted by molar-refractivity contribution is 0.608. The van der Waals surface area contributed by atoms with Gasteiger partial charge in [0, 0.05) is 16.3 Å². The summed E-state index contributed by atoms with van der Waals surface area (Å²) in [4.78, 5) is 5.28. The number of anilines is 2. The maximum absolute atomic E-state index is 2.51. The topological polar surface area (TPSA) is 3.24 Å². The second-order valence-corrected chi connectivity index (χ2v) is 7.04. The zero-order valence-electron chi connectivity index (χ0n) is 13.4. The molecule has 0 fully saturated rings. The molecule has 0 radical (unpaired) electrons. The molecule has 1 heterocycles. The third-order valence-corrected chi connectivity index (χ3v) is 5.40. The van der Waals surface area contributed by atoms with Crippen LogP contribution in [-0.4, -0.2) is 6.54 Å². The van der Waals surface area contributed by atoms with Crippen LogP contribution in [0.15, 0.2) is 58.3 Å². The van der Waals surface area contributed by atoms with Gasteiger partial charge in [0.2, 0.25) is 0 Å². The first kappa shape index (κ1) is 15.5. The van der Waals surface area contributed by atoms with E-state index in [1.54, 1.807) is 0 Å². The van der Waals surface area contributed by atoms with Crippen LogP contribution in [0.1, 0.15) is 45.4 Å². The van der Waals surface area contributed by atoms with Crippen molar-refractivity contribution in [1.29, 1.82) is 0 Å². The molecule has 0 unspecified atom stereocenters.